The van der Waals surface area contributed by atoms with Gasteiger partial charge in [0.05, 0.1) is 4.90 Å². The quantitative estimate of drug-likeness (QED) is 0.683. The van der Waals surface area contributed by atoms with Crippen molar-refractivity contribution in [3.05, 3.63) is 90.1 Å². The first kappa shape index (κ1) is 19.8. The second kappa shape index (κ2) is 8.08. The van der Waals surface area contributed by atoms with Crippen molar-refractivity contribution in [2.24, 2.45) is 0 Å². The summed E-state index contributed by atoms with van der Waals surface area (Å²) in [5, 5.41) is 2.62. The van der Waals surface area contributed by atoms with Crippen LogP contribution < -0.4 is 5.32 Å². The number of carbonyl (C=O) groups is 2. The van der Waals surface area contributed by atoms with Crippen molar-refractivity contribution in [2.75, 3.05) is 11.9 Å². The van der Waals surface area contributed by atoms with Crippen molar-refractivity contribution >= 4 is 27.7 Å². The lowest BCUT2D eigenvalue weighted by molar-refractivity contribution is -0.123. The van der Waals surface area contributed by atoms with Crippen molar-refractivity contribution in [3.63, 3.8) is 0 Å². The highest BCUT2D eigenvalue weighted by Gasteiger charge is 2.39. The normalized spacial score (nSPS) is 16.5. The largest absolute Gasteiger partial charge is 0.307 e. The summed E-state index contributed by atoms with van der Waals surface area (Å²) in [4.78, 5) is 28.9. The second-order valence-corrected chi connectivity index (χ2v) is 8.80. The Morgan fingerprint density at radius 1 is 1.00 bits per heavy atom. The number of sulfonamides is 1. The lowest BCUT2D eigenvalue weighted by atomic mass is 9.99. The highest BCUT2D eigenvalue weighted by molar-refractivity contribution is 7.89. The van der Waals surface area contributed by atoms with Crippen LogP contribution in [0.3, 0.4) is 0 Å². The second-order valence-electron chi connectivity index (χ2n) is 6.94. The number of pyridine rings is 1. The molecule has 2 heterocycles. The molecule has 3 aromatic rings. The van der Waals surface area contributed by atoms with Crippen LogP contribution in [0.5, 0.6) is 0 Å². The summed E-state index contributed by atoms with van der Waals surface area (Å²) in [6.07, 6.45) is 1.67. The van der Waals surface area contributed by atoms with Gasteiger partial charge in [0.15, 0.2) is 0 Å². The number of amides is 2. The molecule has 30 heavy (non-hydrogen) atoms. The molecule has 1 fully saturated rings. The molecular formula is C22H19N3O4S. The van der Waals surface area contributed by atoms with E-state index in [0.717, 1.165) is 9.87 Å². The Morgan fingerprint density at radius 3 is 2.50 bits per heavy atom. The molecule has 1 aliphatic rings. The average molecular weight is 421 g/mol. The van der Waals surface area contributed by atoms with Gasteiger partial charge >= 0.3 is 0 Å². The smallest absolute Gasteiger partial charge is 0.266 e. The fourth-order valence-corrected chi connectivity index (χ4v) is 4.91. The Balaban J connectivity index is 1.57. The molecule has 4 rings (SSSR count). The number of nitrogens with one attached hydrogen (secondary N) is 1. The lowest BCUT2D eigenvalue weighted by Crippen LogP contribution is -2.32. The zero-order chi connectivity index (χ0) is 21.1. The zero-order valence-electron chi connectivity index (χ0n) is 15.9. The first-order valence-electron chi connectivity index (χ1n) is 9.38. The first-order valence-corrected chi connectivity index (χ1v) is 10.8. The Kier molecular flexibility index (Phi) is 5.33. The van der Waals surface area contributed by atoms with Gasteiger partial charge in [0.25, 0.3) is 15.9 Å². The third-order valence-corrected chi connectivity index (χ3v) is 6.73. The van der Waals surface area contributed by atoms with Gasteiger partial charge in [-0.2, -0.15) is 0 Å². The molecular weight excluding hydrogens is 402 g/mol. The molecule has 0 unspecified atom stereocenters. The van der Waals surface area contributed by atoms with E-state index in [1.807, 2.05) is 30.3 Å². The number of hydrogen-bond acceptors (Lipinski definition) is 5. The van der Waals surface area contributed by atoms with Gasteiger partial charge in [0.1, 0.15) is 5.82 Å². The molecule has 2 amide bonds. The van der Waals surface area contributed by atoms with Gasteiger partial charge in [-0.05, 0) is 35.9 Å². The van der Waals surface area contributed by atoms with Gasteiger partial charge in [-0.15, -0.1) is 0 Å². The fraction of sp³-hybridized carbons (Fsp3) is 0.136. The molecule has 1 atom stereocenters. The minimum atomic E-state index is -4.07. The minimum absolute atomic E-state index is 0.0789. The highest BCUT2D eigenvalue weighted by Crippen LogP contribution is 2.32. The van der Waals surface area contributed by atoms with Crippen LogP contribution in [0.4, 0.5) is 5.82 Å². The standard InChI is InChI=1S/C22H19N3O4S/c26-21-14-18(16-7-2-1-3-8-16)15-25(21)30(28,29)19-10-6-9-17(13-19)22(27)24-20-11-4-5-12-23-20/h1-13,18H,14-15H2,(H,23,24,27)/t18-/m1/s1. The number of nitrogens with zero attached hydrogens (tertiary/aromatic N) is 2. The van der Waals surface area contributed by atoms with Crippen molar-refractivity contribution < 1.29 is 18.0 Å². The van der Waals surface area contributed by atoms with Crippen molar-refractivity contribution in [1.29, 1.82) is 0 Å². The van der Waals surface area contributed by atoms with Crippen LogP contribution in [0.2, 0.25) is 0 Å². The van der Waals surface area contributed by atoms with Crippen LogP contribution in [0.25, 0.3) is 0 Å². The molecule has 0 saturated carbocycles. The van der Waals surface area contributed by atoms with E-state index in [1.165, 1.54) is 24.3 Å². The van der Waals surface area contributed by atoms with Crippen LogP contribution in [-0.4, -0.2) is 36.1 Å². The highest BCUT2D eigenvalue weighted by atomic mass is 32.2. The Hall–Kier alpha value is -3.52. The summed E-state index contributed by atoms with van der Waals surface area (Å²) in [7, 11) is -4.07. The topological polar surface area (TPSA) is 96.4 Å². The Labute approximate surface area is 174 Å². The third kappa shape index (κ3) is 3.95. The van der Waals surface area contributed by atoms with Crippen LogP contribution in [-0.2, 0) is 14.8 Å². The van der Waals surface area contributed by atoms with E-state index in [4.69, 9.17) is 0 Å². The summed E-state index contributed by atoms with van der Waals surface area (Å²) in [6.45, 7) is 0.0789. The molecule has 1 aromatic heterocycles. The van der Waals surface area contributed by atoms with Crippen LogP contribution in [0.15, 0.2) is 83.9 Å². The fourth-order valence-electron chi connectivity index (χ4n) is 3.41. The van der Waals surface area contributed by atoms with E-state index in [1.54, 1.807) is 24.4 Å². The van der Waals surface area contributed by atoms with Crippen LogP contribution >= 0.6 is 0 Å². The maximum atomic E-state index is 13.1. The monoisotopic (exact) mass is 421 g/mol. The van der Waals surface area contributed by atoms with E-state index < -0.39 is 21.8 Å². The number of rotatable bonds is 5. The maximum absolute atomic E-state index is 13.1. The molecule has 7 nitrogen and oxygen atoms in total. The van der Waals surface area contributed by atoms with Gasteiger partial charge in [-0.3, -0.25) is 9.59 Å². The van der Waals surface area contributed by atoms with Crippen molar-refractivity contribution in [2.45, 2.75) is 17.2 Å². The summed E-state index contributed by atoms with van der Waals surface area (Å²) >= 11 is 0. The first-order chi connectivity index (χ1) is 14.4. The van der Waals surface area contributed by atoms with Crippen LogP contribution in [0, 0.1) is 0 Å². The molecule has 0 spiro atoms. The minimum Gasteiger partial charge on any atom is -0.307 e. The van der Waals surface area contributed by atoms with Gasteiger partial charge < -0.3 is 5.32 Å². The Bertz CT molecular complexity index is 1180. The number of carbonyl (C=O) groups excluding carboxylic acids is 2. The average Bonchev–Trinajstić information content (AvgIpc) is 3.18. The molecule has 0 aliphatic carbocycles. The summed E-state index contributed by atoms with van der Waals surface area (Å²) < 4.78 is 27.1. The van der Waals surface area contributed by atoms with Crippen molar-refractivity contribution in [3.8, 4) is 0 Å². The molecule has 0 radical (unpaired) electrons. The van der Waals surface area contributed by atoms with Gasteiger partial charge in [0, 0.05) is 30.6 Å². The SMILES string of the molecule is O=C(Nc1ccccn1)c1cccc(S(=O)(=O)N2C[C@H](c3ccccc3)CC2=O)c1. The van der Waals surface area contributed by atoms with E-state index >= 15 is 0 Å². The molecule has 1 aliphatic heterocycles. The van der Waals surface area contributed by atoms with Crippen LogP contribution in [0.1, 0.15) is 28.3 Å². The van der Waals surface area contributed by atoms with E-state index in [-0.39, 0.29) is 29.3 Å². The summed E-state index contributed by atoms with van der Waals surface area (Å²) in [5.41, 5.74) is 1.08. The number of hydrogen-bond donors (Lipinski definition) is 1. The maximum Gasteiger partial charge on any atom is 0.266 e. The van der Waals surface area contributed by atoms with Crippen molar-refractivity contribution in [1.82, 2.24) is 9.29 Å². The third-order valence-electron chi connectivity index (χ3n) is 4.95. The summed E-state index contributed by atoms with van der Waals surface area (Å²) in [6, 6.07) is 20.1. The van der Waals surface area contributed by atoms with Gasteiger partial charge in [-0.25, -0.2) is 17.7 Å². The number of benzene rings is 2. The molecule has 1 N–H and O–H groups in total. The predicted octanol–water partition coefficient (Wildman–Crippen LogP) is 3.04. The van der Waals surface area contributed by atoms with Gasteiger partial charge in [-0.1, -0.05) is 42.5 Å². The predicted molar refractivity (Wildman–Crippen MR) is 111 cm³/mol. The van der Waals surface area contributed by atoms with E-state index in [2.05, 4.69) is 10.3 Å². The molecule has 8 heteroatoms. The number of anilines is 1. The molecule has 1 saturated heterocycles. The summed E-state index contributed by atoms with van der Waals surface area (Å²) in [5.74, 6) is -0.770. The number of aromatic nitrogens is 1. The molecule has 0 bridgehead atoms. The molecule has 152 valence electrons. The van der Waals surface area contributed by atoms with Gasteiger partial charge in [0.2, 0.25) is 5.91 Å². The van der Waals surface area contributed by atoms with E-state index in [0.29, 0.717) is 5.82 Å². The molecule has 2 aromatic carbocycles. The lowest BCUT2D eigenvalue weighted by Gasteiger charge is -2.17. The van der Waals surface area contributed by atoms with E-state index in [9.17, 15) is 18.0 Å². The Morgan fingerprint density at radius 2 is 1.77 bits per heavy atom. The zero-order valence-corrected chi connectivity index (χ0v) is 16.7.